The molecule has 3 N–H and O–H groups in total. The molecule has 0 aromatic carbocycles. The number of esters is 1. The standard InChI is InChI=1S/C8H12O6/c1-3-8(12,13)14-7(11)5(2)4-6(9)10/h12-13H,2-4H2,1H3,(H,9,10). The molecule has 0 fully saturated rings. The predicted molar refractivity (Wildman–Crippen MR) is 44.9 cm³/mol. The van der Waals surface area contributed by atoms with Gasteiger partial charge in [-0.1, -0.05) is 13.5 Å². The van der Waals surface area contributed by atoms with Crippen LogP contribution in [0.4, 0.5) is 0 Å². The molecule has 0 unspecified atom stereocenters. The van der Waals surface area contributed by atoms with Crippen LogP contribution in [-0.2, 0) is 14.3 Å². The van der Waals surface area contributed by atoms with E-state index in [1.807, 2.05) is 0 Å². The van der Waals surface area contributed by atoms with E-state index in [-0.39, 0.29) is 12.0 Å². The first kappa shape index (κ1) is 12.6. The van der Waals surface area contributed by atoms with Gasteiger partial charge in [-0.3, -0.25) is 4.79 Å². The third-order valence-corrected chi connectivity index (χ3v) is 1.37. The molecule has 0 bridgehead atoms. The average molecular weight is 204 g/mol. The Bertz CT molecular complexity index is 255. The van der Waals surface area contributed by atoms with Crippen LogP contribution in [0.5, 0.6) is 0 Å². The number of aliphatic hydroxyl groups is 2. The minimum Gasteiger partial charge on any atom is -0.481 e. The molecule has 0 aliphatic heterocycles. The van der Waals surface area contributed by atoms with Gasteiger partial charge in [0.2, 0.25) is 0 Å². The smallest absolute Gasteiger partial charge is 0.338 e. The van der Waals surface area contributed by atoms with Gasteiger partial charge in [0.1, 0.15) is 0 Å². The highest BCUT2D eigenvalue weighted by atomic mass is 16.8. The Morgan fingerprint density at radius 3 is 2.29 bits per heavy atom. The van der Waals surface area contributed by atoms with Gasteiger partial charge in [0, 0.05) is 12.0 Å². The summed E-state index contributed by atoms with van der Waals surface area (Å²) in [6.45, 7) is 4.52. The number of ether oxygens (including phenoxy) is 1. The zero-order valence-electron chi connectivity index (χ0n) is 7.69. The molecule has 0 aromatic heterocycles. The first-order chi connectivity index (χ1) is 6.28. The molecule has 0 saturated heterocycles. The van der Waals surface area contributed by atoms with E-state index in [0.29, 0.717) is 0 Å². The zero-order chi connectivity index (χ0) is 11.4. The second-order valence-electron chi connectivity index (χ2n) is 2.66. The first-order valence-corrected chi connectivity index (χ1v) is 3.86. The van der Waals surface area contributed by atoms with Crippen molar-refractivity contribution < 1.29 is 29.6 Å². The summed E-state index contributed by atoms with van der Waals surface area (Å²) in [6.07, 6.45) is -0.822. The molecule has 0 saturated carbocycles. The highest BCUT2D eigenvalue weighted by Crippen LogP contribution is 2.11. The lowest BCUT2D eigenvalue weighted by Gasteiger charge is -2.19. The van der Waals surface area contributed by atoms with Gasteiger partial charge in [-0.15, -0.1) is 0 Å². The second kappa shape index (κ2) is 4.73. The predicted octanol–water partition coefficient (Wildman–Crippen LogP) is -0.391. The SMILES string of the molecule is C=C(CC(=O)O)C(=O)OC(O)(O)CC. The number of carboxylic acids is 1. The van der Waals surface area contributed by atoms with Crippen molar-refractivity contribution in [3.8, 4) is 0 Å². The molecule has 0 radical (unpaired) electrons. The van der Waals surface area contributed by atoms with Crippen LogP contribution in [-0.4, -0.2) is 33.2 Å². The van der Waals surface area contributed by atoms with Gasteiger partial charge in [0.05, 0.1) is 6.42 Å². The maximum atomic E-state index is 10.9. The van der Waals surface area contributed by atoms with Gasteiger partial charge in [0.15, 0.2) is 0 Å². The summed E-state index contributed by atoms with van der Waals surface area (Å²) in [5.74, 6) is -4.96. The summed E-state index contributed by atoms with van der Waals surface area (Å²) in [7, 11) is 0. The summed E-state index contributed by atoms with van der Waals surface area (Å²) in [5.41, 5.74) is -0.349. The van der Waals surface area contributed by atoms with E-state index in [1.165, 1.54) is 6.92 Å². The lowest BCUT2D eigenvalue weighted by atomic mass is 10.2. The highest BCUT2D eigenvalue weighted by molar-refractivity contribution is 5.92. The molecule has 6 heteroatoms. The van der Waals surface area contributed by atoms with Crippen molar-refractivity contribution in [1.82, 2.24) is 0 Å². The number of hydrogen-bond donors (Lipinski definition) is 3. The van der Waals surface area contributed by atoms with Crippen LogP contribution >= 0.6 is 0 Å². The Morgan fingerprint density at radius 2 is 1.93 bits per heavy atom. The van der Waals surface area contributed by atoms with Crippen molar-refractivity contribution in [2.75, 3.05) is 0 Å². The molecule has 0 aliphatic rings. The fourth-order valence-electron chi connectivity index (χ4n) is 0.548. The summed E-state index contributed by atoms with van der Waals surface area (Å²) < 4.78 is 4.16. The molecule has 0 aromatic rings. The molecule has 0 atom stereocenters. The molecule has 0 amide bonds. The average Bonchev–Trinajstić information content (AvgIpc) is 2.02. The van der Waals surface area contributed by atoms with Crippen molar-refractivity contribution in [2.24, 2.45) is 0 Å². The highest BCUT2D eigenvalue weighted by Gasteiger charge is 2.27. The lowest BCUT2D eigenvalue weighted by Crippen LogP contribution is -2.34. The van der Waals surface area contributed by atoms with Crippen LogP contribution < -0.4 is 0 Å². The summed E-state index contributed by atoms with van der Waals surface area (Å²) in [4.78, 5) is 21.1. The minimum absolute atomic E-state index is 0.223. The van der Waals surface area contributed by atoms with Gasteiger partial charge >= 0.3 is 17.9 Å². The third-order valence-electron chi connectivity index (χ3n) is 1.37. The van der Waals surface area contributed by atoms with Crippen molar-refractivity contribution in [3.63, 3.8) is 0 Å². The Hall–Kier alpha value is -1.40. The van der Waals surface area contributed by atoms with Gasteiger partial charge in [-0.05, 0) is 0 Å². The first-order valence-electron chi connectivity index (χ1n) is 3.86. The van der Waals surface area contributed by atoms with E-state index in [2.05, 4.69) is 11.3 Å². The molecule has 0 heterocycles. The Labute approximate surface area is 80.4 Å². The number of hydrogen-bond acceptors (Lipinski definition) is 5. The molecular weight excluding hydrogens is 192 g/mol. The Kier molecular flexibility index (Phi) is 4.26. The van der Waals surface area contributed by atoms with Crippen LogP contribution in [0.25, 0.3) is 0 Å². The topological polar surface area (TPSA) is 104 Å². The summed E-state index contributed by atoms with van der Waals surface area (Å²) in [5, 5.41) is 26.1. The minimum atomic E-state index is -2.57. The zero-order valence-corrected chi connectivity index (χ0v) is 7.69. The quantitative estimate of drug-likeness (QED) is 0.320. The van der Waals surface area contributed by atoms with Gasteiger partial charge in [-0.2, -0.15) is 0 Å². The number of carboxylic acid groups (broad SMARTS) is 1. The second-order valence-corrected chi connectivity index (χ2v) is 2.66. The third kappa shape index (κ3) is 4.58. The molecule has 0 rings (SSSR count). The van der Waals surface area contributed by atoms with Crippen LogP contribution in [0, 0.1) is 0 Å². The number of carbonyl (C=O) groups is 2. The molecule has 14 heavy (non-hydrogen) atoms. The van der Waals surface area contributed by atoms with E-state index in [1.54, 1.807) is 0 Å². The number of aliphatic carboxylic acids is 1. The monoisotopic (exact) mass is 204 g/mol. The van der Waals surface area contributed by atoms with Gasteiger partial charge in [0.25, 0.3) is 0 Å². The lowest BCUT2D eigenvalue weighted by molar-refractivity contribution is -0.318. The van der Waals surface area contributed by atoms with Crippen molar-refractivity contribution in [1.29, 1.82) is 0 Å². The Balaban J connectivity index is 4.22. The summed E-state index contributed by atoms with van der Waals surface area (Å²) in [6, 6.07) is 0. The van der Waals surface area contributed by atoms with E-state index in [9.17, 15) is 9.59 Å². The molecule has 6 nitrogen and oxygen atoms in total. The van der Waals surface area contributed by atoms with E-state index in [4.69, 9.17) is 15.3 Å². The Morgan fingerprint density at radius 1 is 1.43 bits per heavy atom. The fraction of sp³-hybridized carbons (Fsp3) is 0.500. The van der Waals surface area contributed by atoms with Crippen LogP contribution in [0.2, 0.25) is 0 Å². The fourth-order valence-corrected chi connectivity index (χ4v) is 0.548. The van der Waals surface area contributed by atoms with E-state index < -0.39 is 24.3 Å². The maximum absolute atomic E-state index is 10.9. The number of carbonyl (C=O) groups excluding carboxylic acids is 1. The molecular formula is C8H12O6. The maximum Gasteiger partial charge on any atom is 0.338 e. The van der Waals surface area contributed by atoms with E-state index in [0.717, 1.165) is 0 Å². The largest absolute Gasteiger partial charge is 0.481 e. The number of rotatable bonds is 5. The normalized spacial score (nSPS) is 10.8. The molecule has 0 aliphatic carbocycles. The summed E-state index contributed by atoms with van der Waals surface area (Å²) >= 11 is 0. The van der Waals surface area contributed by atoms with Crippen LogP contribution in [0.3, 0.4) is 0 Å². The van der Waals surface area contributed by atoms with Crippen LogP contribution in [0.1, 0.15) is 19.8 Å². The van der Waals surface area contributed by atoms with E-state index >= 15 is 0 Å². The van der Waals surface area contributed by atoms with Crippen molar-refractivity contribution in [3.05, 3.63) is 12.2 Å². The van der Waals surface area contributed by atoms with Crippen molar-refractivity contribution >= 4 is 11.9 Å². The van der Waals surface area contributed by atoms with Gasteiger partial charge in [-0.25, -0.2) is 4.79 Å². The molecule has 80 valence electrons. The van der Waals surface area contributed by atoms with Crippen LogP contribution in [0.15, 0.2) is 12.2 Å². The van der Waals surface area contributed by atoms with Gasteiger partial charge < -0.3 is 20.1 Å². The molecule has 0 spiro atoms. The van der Waals surface area contributed by atoms with Crippen molar-refractivity contribution in [2.45, 2.75) is 25.7 Å².